The fourth-order valence-electron chi connectivity index (χ4n) is 1.29. The van der Waals surface area contributed by atoms with Crippen LogP contribution in [0.4, 0.5) is 0 Å². The molecule has 15 heavy (non-hydrogen) atoms. The maximum atomic E-state index is 5.59. The van der Waals surface area contributed by atoms with Gasteiger partial charge in [0.15, 0.2) is 0 Å². The molecule has 0 fully saturated rings. The summed E-state index contributed by atoms with van der Waals surface area (Å²) in [5.74, 6) is 0. The van der Waals surface area contributed by atoms with Gasteiger partial charge in [-0.2, -0.15) is 0 Å². The number of halogens is 2. The molecule has 0 aliphatic rings. The third kappa shape index (κ3) is 6.33. The minimum absolute atomic E-state index is 0.716. The van der Waals surface area contributed by atoms with E-state index in [1.165, 1.54) is 18.4 Å². The number of unbranched alkanes of at least 4 members (excludes halogenated alkanes) is 2. The van der Waals surface area contributed by atoms with Crippen LogP contribution in [0.2, 0.25) is 0 Å². The number of benzene rings is 1. The van der Waals surface area contributed by atoms with Gasteiger partial charge in [0.25, 0.3) is 0 Å². The van der Waals surface area contributed by atoms with Crippen molar-refractivity contribution in [2.24, 2.45) is 0 Å². The summed E-state index contributed by atoms with van der Waals surface area (Å²) in [6.07, 6.45) is 3.63. The molecule has 0 radical (unpaired) electrons. The molecule has 3 heteroatoms. The molecule has 0 amide bonds. The lowest BCUT2D eigenvalue weighted by Crippen LogP contribution is -1.95. The van der Waals surface area contributed by atoms with Crippen molar-refractivity contribution in [3.8, 4) is 0 Å². The standard InChI is InChI=1S/C12H16Br2O/c13-7-2-1-3-8-15-10-11-5-4-6-12(14)9-11/h4-6,9H,1-3,7-8,10H2. The Labute approximate surface area is 108 Å². The van der Waals surface area contributed by atoms with Gasteiger partial charge in [-0.1, -0.05) is 50.4 Å². The van der Waals surface area contributed by atoms with Crippen molar-refractivity contribution in [3.05, 3.63) is 34.3 Å². The predicted molar refractivity (Wildman–Crippen MR) is 71.4 cm³/mol. The number of alkyl halides is 1. The van der Waals surface area contributed by atoms with Gasteiger partial charge in [-0.05, 0) is 30.5 Å². The second-order valence-electron chi connectivity index (χ2n) is 3.43. The molecule has 0 saturated carbocycles. The van der Waals surface area contributed by atoms with Crippen LogP contribution in [0.3, 0.4) is 0 Å². The van der Waals surface area contributed by atoms with Crippen LogP contribution in [0.25, 0.3) is 0 Å². The number of rotatable bonds is 7. The highest BCUT2D eigenvalue weighted by Crippen LogP contribution is 2.12. The van der Waals surface area contributed by atoms with Gasteiger partial charge >= 0.3 is 0 Å². The molecule has 0 heterocycles. The summed E-state index contributed by atoms with van der Waals surface area (Å²) in [5.41, 5.74) is 1.23. The molecule has 0 aliphatic carbocycles. The van der Waals surface area contributed by atoms with Crippen LogP contribution in [0, 0.1) is 0 Å². The lowest BCUT2D eigenvalue weighted by Gasteiger charge is -2.04. The second-order valence-corrected chi connectivity index (χ2v) is 5.14. The van der Waals surface area contributed by atoms with E-state index in [0.717, 1.165) is 22.8 Å². The zero-order valence-corrected chi connectivity index (χ0v) is 11.9. The first kappa shape index (κ1) is 13.2. The minimum atomic E-state index is 0.716. The van der Waals surface area contributed by atoms with E-state index in [1.807, 2.05) is 12.1 Å². The van der Waals surface area contributed by atoms with Gasteiger partial charge in [-0.25, -0.2) is 0 Å². The summed E-state index contributed by atoms with van der Waals surface area (Å²) in [6.45, 7) is 1.58. The second kappa shape index (κ2) is 8.31. The summed E-state index contributed by atoms with van der Waals surface area (Å²) in [4.78, 5) is 0. The quantitative estimate of drug-likeness (QED) is 0.525. The van der Waals surface area contributed by atoms with Crippen molar-refractivity contribution in [1.82, 2.24) is 0 Å². The Morgan fingerprint density at radius 2 is 2.00 bits per heavy atom. The Morgan fingerprint density at radius 3 is 2.73 bits per heavy atom. The topological polar surface area (TPSA) is 9.23 Å². The van der Waals surface area contributed by atoms with Crippen LogP contribution in [-0.4, -0.2) is 11.9 Å². The van der Waals surface area contributed by atoms with Crippen LogP contribution >= 0.6 is 31.9 Å². The van der Waals surface area contributed by atoms with Crippen LogP contribution in [0.1, 0.15) is 24.8 Å². The Bertz CT molecular complexity index is 276. The lowest BCUT2D eigenvalue weighted by molar-refractivity contribution is 0.117. The van der Waals surface area contributed by atoms with E-state index >= 15 is 0 Å². The van der Waals surface area contributed by atoms with Crippen molar-refractivity contribution < 1.29 is 4.74 Å². The molecular weight excluding hydrogens is 320 g/mol. The van der Waals surface area contributed by atoms with Crippen molar-refractivity contribution in [2.45, 2.75) is 25.9 Å². The third-order valence-electron chi connectivity index (χ3n) is 2.08. The monoisotopic (exact) mass is 334 g/mol. The van der Waals surface area contributed by atoms with Gasteiger partial charge in [-0.15, -0.1) is 0 Å². The molecule has 1 aromatic rings. The molecule has 0 unspecified atom stereocenters. The van der Waals surface area contributed by atoms with Crippen molar-refractivity contribution in [1.29, 1.82) is 0 Å². The fourth-order valence-corrected chi connectivity index (χ4v) is 2.14. The van der Waals surface area contributed by atoms with E-state index in [-0.39, 0.29) is 0 Å². The third-order valence-corrected chi connectivity index (χ3v) is 3.13. The average Bonchev–Trinajstić information content (AvgIpc) is 2.23. The van der Waals surface area contributed by atoms with Gasteiger partial charge < -0.3 is 4.74 Å². The van der Waals surface area contributed by atoms with Crippen LogP contribution in [-0.2, 0) is 11.3 Å². The van der Waals surface area contributed by atoms with Crippen molar-refractivity contribution >= 4 is 31.9 Å². The molecular formula is C12H16Br2O. The molecule has 0 spiro atoms. The zero-order chi connectivity index (χ0) is 10.9. The lowest BCUT2D eigenvalue weighted by atomic mass is 10.2. The zero-order valence-electron chi connectivity index (χ0n) is 8.72. The van der Waals surface area contributed by atoms with Gasteiger partial charge in [0.1, 0.15) is 0 Å². The highest BCUT2D eigenvalue weighted by atomic mass is 79.9. The molecule has 1 aromatic carbocycles. The highest BCUT2D eigenvalue weighted by molar-refractivity contribution is 9.10. The van der Waals surface area contributed by atoms with Crippen LogP contribution in [0.15, 0.2) is 28.7 Å². The predicted octanol–water partition coefficient (Wildman–Crippen LogP) is 4.53. The molecule has 0 aliphatic heterocycles. The van der Waals surface area contributed by atoms with Crippen molar-refractivity contribution in [3.63, 3.8) is 0 Å². The molecule has 84 valence electrons. The van der Waals surface area contributed by atoms with Gasteiger partial charge in [-0.3, -0.25) is 0 Å². The Morgan fingerprint density at radius 1 is 1.13 bits per heavy atom. The van der Waals surface area contributed by atoms with Crippen molar-refractivity contribution in [2.75, 3.05) is 11.9 Å². The largest absolute Gasteiger partial charge is 0.377 e. The van der Waals surface area contributed by atoms with Gasteiger partial charge in [0, 0.05) is 16.4 Å². The maximum absolute atomic E-state index is 5.59. The molecule has 1 nitrogen and oxygen atoms in total. The van der Waals surface area contributed by atoms with E-state index in [9.17, 15) is 0 Å². The summed E-state index contributed by atoms with van der Waals surface area (Å²) in [7, 11) is 0. The molecule has 0 bridgehead atoms. The van der Waals surface area contributed by atoms with Crippen LogP contribution < -0.4 is 0 Å². The summed E-state index contributed by atoms with van der Waals surface area (Å²) in [6, 6.07) is 8.24. The van der Waals surface area contributed by atoms with Crippen LogP contribution in [0.5, 0.6) is 0 Å². The van der Waals surface area contributed by atoms with Gasteiger partial charge in [0.2, 0.25) is 0 Å². The fraction of sp³-hybridized carbons (Fsp3) is 0.500. The van der Waals surface area contributed by atoms with E-state index in [2.05, 4.69) is 44.0 Å². The maximum Gasteiger partial charge on any atom is 0.0717 e. The SMILES string of the molecule is BrCCCCCOCc1cccc(Br)c1. The van der Waals surface area contributed by atoms with E-state index in [4.69, 9.17) is 4.74 Å². The first-order chi connectivity index (χ1) is 7.33. The first-order valence-electron chi connectivity index (χ1n) is 5.21. The number of hydrogen-bond donors (Lipinski definition) is 0. The minimum Gasteiger partial charge on any atom is -0.377 e. The molecule has 0 aromatic heterocycles. The molecule has 0 atom stereocenters. The first-order valence-corrected chi connectivity index (χ1v) is 7.12. The summed E-state index contributed by atoms with van der Waals surface area (Å²) in [5, 5.41) is 1.10. The summed E-state index contributed by atoms with van der Waals surface area (Å²) >= 11 is 6.86. The Hall–Kier alpha value is 0.140. The Kier molecular flexibility index (Phi) is 7.32. The van der Waals surface area contributed by atoms with Gasteiger partial charge in [0.05, 0.1) is 6.61 Å². The number of ether oxygens (including phenoxy) is 1. The summed E-state index contributed by atoms with van der Waals surface area (Å²) < 4.78 is 6.70. The molecule has 1 rings (SSSR count). The molecule has 0 N–H and O–H groups in total. The smallest absolute Gasteiger partial charge is 0.0717 e. The molecule has 0 saturated heterocycles. The van der Waals surface area contributed by atoms with E-state index in [1.54, 1.807) is 0 Å². The average molecular weight is 336 g/mol. The Balaban J connectivity index is 2.10. The highest BCUT2D eigenvalue weighted by Gasteiger charge is 1.94. The number of hydrogen-bond acceptors (Lipinski definition) is 1. The van der Waals surface area contributed by atoms with E-state index in [0.29, 0.717) is 6.61 Å². The normalized spacial score (nSPS) is 10.5. The van der Waals surface area contributed by atoms with E-state index < -0.39 is 0 Å².